The number of aromatic nitrogens is 2. The van der Waals surface area contributed by atoms with Crippen LogP contribution in [0, 0.1) is 28.4 Å². The van der Waals surface area contributed by atoms with Crippen molar-refractivity contribution in [2.24, 2.45) is 0 Å². The summed E-state index contributed by atoms with van der Waals surface area (Å²) in [4.78, 5) is 18.0. The number of H-pyrrole nitrogens is 1. The summed E-state index contributed by atoms with van der Waals surface area (Å²) in [5.41, 5.74) is 4.90. The van der Waals surface area contributed by atoms with Crippen molar-refractivity contribution in [3.63, 3.8) is 0 Å². The van der Waals surface area contributed by atoms with Gasteiger partial charge in [-0.1, -0.05) is 12.1 Å². The SMILES string of the molecule is Cc1ccc2nc(C(C#N)=Cc3ccc(OCc4ccc([N+](=O)[O-])cc4)c(Br)c3)[nH]c2c1. The lowest BCUT2D eigenvalue weighted by molar-refractivity contribution is -0.384. The summed E-state index contributed by atoms with van der Waals surface area (Å²) in [6.45, 7) is 2.28. The molecule has 0 aliphatic heterocycles. The fraction of sp³-hybridized carbons (Fsp3) is 0.0833. The summed E-state index contributed by atoms with van der Waals surface area (Å²) in [5, 5.41) is 20.4. The Labute approximate surface area is 192 Å². The van der Waals surface area contributed by atoms with Gasteiger partial charge >= 0.3 is 0 Å². The monoisotopic (exact) mass is 488 g/mol. The predicted molar refractivity (Wildman–Crippen MR) is 126 cm³/mol. The number of benzene rings is 3. The summed E-state index contributed by atoms with van der Waals surface area (Å²) >= 11 is 3.51. The first kappa shape index (κ1) is 21.3. The van der Waals surface area contributed by atoms with Crippen LogP contribution in [0.2, 0.25) is 0 Å². The number of nitro benzene ring substituents is 1. The lowest BCUT2D eigenvalue weighted by Gasteiger charge is -2.09. The van der Waals surface area contributed by atoms with Gasteiger partial charge in [-0.2, -0.15) is 5.26 Å². The van der Waals surface area contributed by atoms with E-state index in [4.69, 9.17) is 4.74 Å². The highest BCUT2D eigenvalue weighted by molar-refractivity contribution is 9.10. The molecule has 0 saturated carbocycles. The van der Waals surface area contributed by atoms with Gasteiger partial charge in [-0.05, 0) is 82.0 Å². The Morgan fingerprint density at radius 1 is 1.22 bits per heavy atom. The highest BCUT2D eigenvalue weighted by Crippen LogP contribution is 2.29. The van der Waals surface area contributed by atoms with Gasteiger partial charge in [-0.25, -0.2) is 4.98 Å². The molecule has 0 fully saturated rings. The number of halogens is 1. The molecule has 7 nitrogen and oxygen atoms in total. The third kappa shape index (κ3) is 4.68. The molecular formula is C24H17BrN4O3. The van der Waals surface area contributed by atoms with Gasteiger partial charge in [-0.15, -0.1) is 0 Å². The highest BCUT2D eigenvalue weighted by Gasteiger charge is 2.10. The number of nitro groups is 1. The zero-order chi connectivity index (χ0) is 22.7. The summed E-state index contributed by atoms with van der Waals surface area (Å²) < 4.78 is 6.55. The van der Waals surface area contributed by atoms with E-state index in [1.165, 1.54) is 12.1 Å². The van der Waals surface area contributed by atoms with Crippen LogP contribution >= 0.6 is 15.9 Å². The number of hydrogen-bond donors (Lipinski definition) is 1. The average Bonchev–Trinajstić information content (AvgIpc) is 3.20. The molecule has 0 aliphatic carbocycles. The number of imidazole rings is 1. The first-order valence-electron chi connectivity index (χ1n) is 9.67. The molecule has 0 saturated heterocycles. The fourth-order valence-corrected chi connectivity index (χ4v) is 3.68. The molecule has 0 aliphatic rings. The predicted octanol–water partition coefficient (Wildman–Crippen LogP) is 6.19. The highest BCUT2D eigenvalue weighted by atomic mass is 79.9. The van der Waals surface area contributed by atoms with Crippen molar-refractivity contribution in [3.8, 4) is 11.8 Å². The standard InChI is InChI=1S/C24H17BrN4O3/c1-15-2-8-21-22(10-15)28-24(27-21)18(13-26)11-17-5-9-23(20(25)12-17)32-14-16-3-6-19(7-4-16)29(30)31/h2-12H,14H2,1H3,(H,27,28). The van der Waals surface area contributed by atoms with Gasteiger partial charge in [0.05, 0.1) is 26.0 Å². The number of aromatic amines is 1. The van der Waals surface area contributed by atoms with E-state index in [1.54, 1.807) is 24.3 Å². The smallest absolute Gasteiger partial charge is 0.269 e. The molecule has 1 N–H and O–H groups in total. The molecule has 8 heteroatoms. The summed E-state index contributed by atoms with van der Waals surface area (Å²) in [6, 6.07) is 19.8. The van der Waals surface area contributed by atoms with Crippen molar-refractivity contribution in [3.05, 3.63) is 97.8 Å². The number of nitrogens with one attached hydrogen (secondary N) is 1. The molecule has 0 unspecified atom stereocenters. The van der Waals surface area contributed by atoms with Crippen LogP contribution in [0.3, 0.4) is 0 Å². The maximum Gasteiger partial charge on any atom is 0.269 e. The van der Waals surface area contributed by atoms with Gasteiger partial charge in [0.25, 0.3) is 5.69 Å². The van der Waals surface area contributed by atoms with Gasteiger partial charge in [0.1, 0.15) is 24.3 Å². The number of hydrogen-bond acceptors (Lipinski definition) is 5. The van der Waals surface area contributed by atoms with E-state index in [1.807, 2.05) is 37.3 Å². The lowest BCUT2D eigenvalue weighted by atomic mass is 10.1. The second-order valence-corrected chi connectivity index (χ2v) is 8.03. The third-order valence-electron chi connectivity index (χ3n) is 4.82. The number of allylic oxidation sites excluding steroid dienone is 1. The van der Waals surface area contributed by atoms with E-state index in [2.05, 4.69) is 32.0 Å². The average molecular weight is 489 g/mol. The quantitative estimate of drug-likeness (QED) is 0.198. The van der Waals surface area contributed by atoms with Gasteiger partial charge in [0.2, 0.25) is 0 Å². The number of rotatable bonds is 6. The maximum atomic E-state index is 10.8. The van der Waals surface area contributed by atoms with Crippen LogP contribution in [0.4, 0.5) is 5.69 Å². The molecule has 4 aromatic rings. The first-order valence-corrected chi connectivity index (χ1v) is 10.5. The van der Waals surface area contributed by atoms with Crippen LogP contribution in [0.5, 0.6) is 5.75 Å². The molecule has 3 aromatic carbocycles. The second kappa shape index (κ2) is 9.04. The molecule has 0 radical (unpaired) electrons. The van der Waals surface area contributed by atoms with Crippen LogP contribution in [-0.2, 0) is 6.61 Å². The largest absolute Gasteiger partial charge is 0.488 e. The number of nitrogens with zero attached hydrogens (tertiary/aromatic N) is 3. The first-order chi connectivity index (χ1) is 15.4. The van der Waals surface area contributed by atoms with Crippen molar-refractivity contribution >= 4 is 44.3 Å². The third-order valence-corrected chi connectivity index (χ3v) is 5.44. The van der Waals surface area contributed by atoms with Gasteiger partial charge in [0, 0.05) is 12.1 Å². The van der Waals surface area contributed by atoms with Crippen LogP contribution in [-0.4, -0.2) is 14.9 Å². The Balaban J connectivity index is 1.51. The van der Waals surface area contributed by atoms with Crippen molar-refractivity contribution in [1.29, 1.82) is 5.26 Å². The minimum Gasteiger partial charge on any atom is -0.488 e. The molecule has 0 amide bonds. The van der Waals surface area contributed by atoms with Crippen LogP contribution in [0.15, 0.2) is 65.1 Å². The minimum absolute atomic E-state index is 0.0407. The van der Waals surface area contributed by atoms with Gasteiger partial charge in [-0.3, -0.25) is 10.1 Å². The van der Waals surface area contributed by atoms with Crippen LogP contribution in [0.1, 0.15) is 22.5 Å². The van der Waals surface area contributed by atoms with Gasteiger partial charge in [0.15, 0.2) is 0 Å². The topological polar surface area (TPSA) is 105 Å². The summed E-state index contributed by atoms with van der Waals surface area (Å²) in [7, 11) is 0. The van der Waals surface area contributed by atoms with E-state index in [0.29, 0.717) is 17.1 Å². The van der Waals surface area contributed by atoms with E-state index >= 15 is 0 Å². The van der Waals surface area contributed by atoms with Crippen molar-refractivity contribution in [2.75, 3.05) is 0 Å². The number of ether oxygens (including phenoxy) is 1. The Hall–Kier alpha value is -3.96. The molecule has 0 spiro atoms. The lowest BCUT2D eigenvalue weighted by Crippen LogP contribution is -1.97. The molecule has 32 heavy (non-hydrogen) atoms. The Kier molecular flexibility index (Phi) is 6.01. The van der Waals surface area contributed by atoms with E-state index in [0.717, 1.165) is 32.2 Å². The normalized spacial score (nSPS) is 11.3. The number of non-ortho nitro benzene ring substituents is 1. The van der Waals surface area contributed by atoms with Crippen molar-refractivity contribution in [2.45, 2.75) is 13.5 Å². The molecule has 0 atom stereocenters. The molecule has 1 heterocycles. The van der Waals surface area contributed by atoms with Crippen LogP contribution < -0.4 is 4.74 Å². The van der Waals surface area contributed by atoms with E-state index < -0.39 is 4.92 Å². The Morgan fingerprint density at radius 2 is 2.00 bits per heavy atom. The number of fused-ring (bicyclic) bond motifs is 1. The van der Waals surface area contributed by atoms with Crippen molar-refractivity contribution < 1.29 is 9.66 Å². The van der Waals surface area contributed by atoms with E-state index in [-0.39, 0.29) is 12.3 Å². The molecule has 1 aromatic heterocycles. The van der Waals surface area contributed by atoms with Crippen molar-refractivity contribution in [1.82, 2.24) is 9.97 Å². The van der Waals surface area contributed by atoms with Gasteiger partial charge < -0.3 is 9.72 Å². The number of nitriles is 1. The minimum atomic E-state index is -0.435. The van der Waals surface area contributed by atoms with Crippen LogP contribution in [0.25, 0.3) is 22.7 Å². The Bertz CT molecular complexity index is 1380. The summed E-state index contributed by atoms with van der Waals surface area (Å²) in [5.74, 6) is 1.14. The molecule has 4 rings (SSSR count). The molecular weight excluding hydrogens is 472 g/mol. The fourth-order valence-electron chi connectivity index (χ4n) is 3.17. The zero-order valence-corrected chi connectivity index (χ0v) is 18.6. The maximum absolute atomic E-state index is 10.8. The number of aryl methyl sites for hydroxylation is 1. The van der Waals surface area contributed by atoms with E-state index in [9.17, 15) is 15.4 Å². The Morgan fingerprint density at radius 3 is 2.69 bits per heavy atom. The second-order valence-electron chi connectivity index (χ2n) is 7.18. The molecule has 0 bridgehead atoms. The summed E-state index contributed by atoms with van der Waals surface area (Å²) in [6.07, 6.45) is 1.76. The zero-order valence-electron chi connectivity index (χ0n) is 17.0. The molecule has 158 valence electrons.